The molecule has 2 aliphatic rings. The fourth-order valence-corrected chi connectivity index (χ4v) is 4.33. The fourth-order valence-electron chi connectivity index (χ4n) is 4.33. The van der Waals surface area contributed by atoms with E-state index in [0.717, 1.165) is 41.5 Å². The number of nitrogens with one attached hydrogen (secondary N) is 1. The van der Waals surface area contributed by atoms with Crippen molar-refractivity contribution in [1.82, 2.24) is 5.32 Å². The van der Waals surface area contributed by atoms with Crippen LogP contribution in [0.25, 0.3) is 10.8 Å². The molecule has 0 radical (unpaired) electrons. The Labute approximate surface area is 130 Å². The molecule has 3 nitrogen and oxygen atoms in total. The smallest absolute Gasteiger partial charge is 0.252 e. The monoisotopic (exact) mass is 295 g/mol. The van der Waals surface area contributed by atoms with E-state index in [4.69, 9.17) is 0 Å². The molecule has 2 saturated carbocycles. The molecule has 2 atom stereocenters. The van der Waals surface area contributed by atoms with E-state index in [1.54, 1.807) is 12.1 Å². The van der Waals surface area contributed by atoms with Gasteiger partial charge in [0.25, 0.3) is 5.91 Å². The summed E-state index contributed by atoms with van der Waals surface area (Å²) in [7, 11) is 0. The predicted octanol–water partition coefficient (Wildman–Crippen LogP) is 3.71. The van der Waals surface area contributed by atoms with Gasteiger partial charge in [-0.2, -0.15) is 0 Å². The van der Waals surface area contributed by atoms with Crippen LogP contribution in [0.2, 0.25) is 0 Å². The van der Waals surface area contributed by atoms with Crippen molar-refractivity contribution < 1.29 is 9.90 Å². The van der Waals surface area contributed by atoms with Crippen LogP contribution in [0.5, 0.6) is 5.75 Å². The van der Waals surface area contributed by atoms with E-state index < -0.39 is 0 Å². The lowest BCUT2D eigenvalue weighted by Gasteiger charge is -2.09. The lowest BCUT2D eigenvalue weighted by Crippen LogP contribution is -2.25. The molecule has 1 amide bonds. The molecule has 0 aromatic heterocycles. The third kappa shape index (κ3) is 2.35. The molecule has 0 heterocycles. The summed E-state index contributed by atoms with van der Waals surface area (Å²) in [6.45, 7) is 0.737. The number of phenolic OH excluding ortho intramolecular Hbond substituents is 1. The molecule has 2 unspecified atom stereocenters. The fraction of sp³-hybridized carbons (Fsp3) is 0.421. The lowest BCUT2D eigenvalue weighted by atomic mass is 10.0. The summed E-state index contributed by atoms with van der Waals surface area (Å²) in [5.41, 5.74) is 0.562. The van der Waals surface area contributed by atoms with Crippen LogP contribution in [0.3, 0.4) is 0 Å². The number of rotatable bonds is 4. The number of benzene rings is 2. The number of carbonyl (C=O) groups is 1. The molecule has 114 valence electrons. The highest BCUT2D eigenvalue weighted by Crippen LogP contribution is 2.58. The van der Waals surface area contributed by atoms with Crippen molar-refractivity contribution in [1.29, 1.82) is 0 Å². The van der Waals surface area contributed by atoms with Crippen molar-refractivity contribution >= 4 is 16.7 Å². The molecule has 0 bridgehead atoms. The molecule has 0 aliphatic heterocycles. The Balaban J connectivity index is 1.44. The van der Waals surface area contributed by atoms with Crippen LogP contribution in [0, 0.1) is 17.8 Å². The molecule has 22 heavy (non-hydrogen) atoms. The summed E-state index contributed by atoms with van der Waals surface area (Å²) in [6, 6.07) is 10.9. The van der Waals surface area contributed by atoms with Gasteiger partial charge in [0.1, 0.15) is 5.75 Å². The summed E-state index contributed by atoms with van der Waals surface area (Å²) < 4.78 is 0. The summed E-state index contributed by atoms with van der Waals surface area (Å²) in [4.78, 5) is 12.4. The number of carbonyl (C=O) groups excluding carboxylic acids is 1. The number of fused-ring (bicyclic) bond motifs is 2. The van der Waals surface area contributed by atoms with Crippen LogP contribution in [0.4, 0.5) is 0 Å². The number of aromatic hydroxyl groups is 1. The number of hydrogen-bond acceptors (Lipinski definition) is 2. The first-order valence-electron chi connectivity index (χ1n) is 8.24. The molecule has 2 fully saturated rings. The lowest BCUT2D eigenvalue weighted by molar-refractivity contribution is 0.0953. The quantitative estimate of drug-likeness (QED) is 0.903. The minimum atomic E-state index is -0.0853. The number of phenols is 1. The van der Waals surface area contributed by atoms with Gasteiger partial charge in [0.15, 0.2) is 0 Å². The topological polar surface area (TPSA) is 49.3 Å². The van der Waals surface area contributed by atoms with Crippen molar-refractivity contribution in [3.05, 3.63) is 42.0 Å². The summed E-state index contributed by atoms with van der Waals surface area (Å²) in [5.74, 6) is 2.78. The second-order valence-corrected chi connectivity index (χ2v) is 6.68. The van der Waals surface area contributed by atoms with Crippen molar-refractivity contribution in [2.45, 2.75) is 25.7 Å². The molecule has 4 rings (SSSR count). The highest BCUT2D eigenvalue weighted by atomic mass is 16.3. The van der Waals surface area contributed by atoms with Crippen LogP contribution in [0.15, 0.2) is 36.4 Å². The normalized spacial score (nSPS) is 25.9. The first-order chi connectivity index (χ1) is 10.7. The minimum Gasteiger partial charge on any atom is -0.508 e. The third-order valence-corrected chi connectivity index (χ3v) is 5.44. The number of hydrogen-bond donors (Lipinski definition) is 2. The molecule has 2 aromatic carbocycles. The van der Waals surface area contributed by atoms with E-state index in [1.807, 2.05) is 24.3 Å². The van der Waals surface area contributed by atoms with Gasteiger partial charge >= 0.3 is 0 Å². The van der Waals surface area contributed by atoms with Gasteiger partial charge in [0.2, 0.25) is 0 Å². The van der Waals surface area contributed by atoms with Gasteiger partial charge in [-0.05, 0) is 59.9 Å². The van der Waals surface area contributed by atoms with Crippen molar-refractivity contribution in [3.63, 3.8) is 0 Å². The van der Waals surface area contributed by atoms with E-state index >= 15 is 0 Å². The Kier molecular flexibility index (Phi) is 3.29. The largest absolute Gasteiger partial charge is 0.508 e. The van der Waals surface area contributed by atoms with Gasteiger partial charge in [-0.1, -0.05) is 30.7 Å². The molecule has 2 N–H and O–H groups in total. The molecule has 3 heteroatoms. The van der Waals surface area contributed by atoms with Crippen LogP contribution in [-0.4, -0.2) is 17.6 Å². The Bertz CT molecular complexity index is 714. The number of amides is 1. The van der Waals surface area contributed by atoms with Crippen LogP contribution in [-0.2, 0) is 0 Å². The second kappa shape index (κ2) is 5.31. The van der Waals surface area contributed by atoms with Crippen LogP contribution in [0.1, 0.15) is 36.0 Å². The van der Waals surface area contributed by atoms with Gasteiger partial charge in [0.05, 0.1) is 5.56 Å². The maximum Gasteiger partial charge on any atom is 0.252 e. The van der Waals surface area contributed by atoms with Gasteiger partial charge in [0, 0.05) is 6.54 Å². The van der Waals surface area contributed by atoms with Crippen molar-refractivity contribution in [3.8, 4) is 5.75 Å². The van der Waals surface area contributed by atoms with E-state index in [-0.39, 0.29) is 11.7 Å². The summed E-state index contributed by atoms with van der Waals surface area (Å²) in [5, 5.41) is 14.6. The van der Waals surface area contributed by atoms with Crippen LogP contribution >= 0.6 is 0 Å². The highest BCUT2D eigenvalue weighted by Gasteiger charge is 2.51. The SMILES string of the molecule is O=C(NCCC1C2CCCC21)c1cc(O)cc2ccccc12. The zero-order valence-electron chi connectivity index (χ0n) is 12.6. The van der Waals surface area contributed by atoms with Gasteiger partial charge in [-0.25, -0.2) is 0 Å². The summed E-state index contributed by atoms with van der Waals surface area (Å²) in [6.07, 6.45) is 5.27. The second-order valence-electron chi connectivity index (χ2n) is 6.68. The Morgan fingerprint density at radius 1 is 1.18 bits per heavy atom. The standard InChI is InChI=1S/C19H21NO2/c21-13-10-12-4-1-2-5-14(12)18(11-13)19(22)20-9-8-17-15-6-3-7-16(15)17/h1-2,4-5,10-11,15-17,21H,3,6-9H2,(H,20,22). The van der Waals surface area contributed by atoms with Crippen LogP contribution < -0.4 is 5.32 Å². The Morgan fingerprint density at radius 2 is 1.95 bits per heavy atom. The van der Waals surface area contributed by atoms with Gasteiger partial charge in [-0.15, -0.1) is 0 Å². The third-order valence-electron chi connectivity index (χ3n) is 5.44. The van der Waals surface area contributed by atoms with Gasteiger partial charge in [-0.3, -0.25) is 4.79 Å². The van der Waals surface area contributed by atoms with E-state index in [1.165, 1.54) is 19.3 Å². The molecule has 0 saturated heterocycles. The molecule has 0 spiro atoms. The van der Waals surface area contributed by atoms with Crippen molar-refractivity contribution in [2.75, 3.05) is 6.54 Å². The van der Waals surface area contributed by atoms with Crippen molar-refractivity contribution in [2.24, 2.45) is 17.8 Å². The van der Waals surface area contributed by atoms with E-state index in [9.17, 15) is 9.90 Å². The zero-order chi connectivity index (χ0) is 15.1. The van der Waals surface area contributed by atoms with E-state index in [2.05, 4.69) is 5.32 Å². The Morgan fingerprint density at radius 3 is 2.77 bits per heavy atom. The molecular weight excluding hydrogens is 274 g/mol. The highest BCUT2D eigenvalue weighted by molar-refractivity contribution is 6.07. The molecular formula is C19H21NO2. The maximum absolute atomic E-state index is 12.4. The predicted molar refractivity (Wildman–Crippen MR) is 86.9 cm³/mol. The minimum absolute atomic E-state index is 0.0853. The average Bonchev–Trinajstić information content (AvgIpc) is 2.95. The average molecular weight is 295 g/mol. The first kappa shape index (κ1) is 13.6. The van der Waals surface area contributed by atoms with E-state index in [0.29, 0.717) is 5.56 Å². The maximum atomic E-state index is 12.4. The first-order valence-corrected chi connectivity index (χ1v) is 8.24. The molecule has 2 aromatic rings. The van der Waals surface area contributed by atoms with Gasteiger partial charge < -0.3 is 10.4 Å². The Hall–Kier alpha value is -2.03. The summed E-state index contributed by atoms with van der Waals surface area (Å²) >= 11 is 0. The molecule has 2 aliphatic carbocycles. The zero-order valence-corrected chi connectivity index (χ0v) is 12.6.